The average molecular weight is 330 g/mol. The predicted octanol–water partition coefficient (Wildman–Crippen LogP) is 1.77. The number of hydrogen-bond acceptors (Lipinski definition) is 4. The van der Waals surface area contributed by atoms with Crippen LogP contribution in [0.1, 0.15) is 42.6 Å². The number of halogens is 3. The van der Waals surface area contributed by atoms with Crippen LogP contribution in [0.15, 0.2) is 12.1 Å². The molecule has 0 radical (unpaired) electrons. The summed E-state index contributed by atoms with van der Waals surface area (Å²) in [5, 5.41) is 14.7. The molecule has 0 aromatic carbocycles. The van der Waals surface area contributed by atoms with Crippen LogP contribution in [0.2, 0.25) is 0 Å². The highest BCUT2D eigenvalue weighted by Crippen LogP contribution is 2.32. The molecular formula is C14H17F3N4O2. The van der Waals surface area contributed by atoms with Gasteiger partial charge in [0.05, 0.1) is 12.3 Å². The lowest BCUT2D eigenvalue weighted by atomic mass is 9.91. The van der Waals surface area contributed by atoms with E-state index in [1.54, 1.807) is 20.8 Å². The standard InChI is InChI=1S/C14H17F3N4O2/c1-13(2,3)9-7-10(14(15,16)17)21-11(19-9)6-8(20-21)12(23)18-4-5-22/h6-7,22H,4-5H2,1-3H3,(H,18,23). The number of rotatable bonds is 3. The predicted molar refractivity (Wildman–Crippen MR) is 76.1 cm³/mol. The van der Waals surface area contributed by atoms with Crippen molar-refractivity contribution in [2.24, 2.45) is 0 Å². The minimum absolute atomic E-state index is 0.0144. The summed E-state index contributed by atoms with van der Waals surface area (Å²) in [6.07, 6.45) is -4.63. The Hall–Kier alpha value is -2.16. The Morgan fingerprint density at radius 1 is 1.30 bits per heavy atom. The van der Waals surface area contributed by atoms with Gasteiger partial charge in [-0.3, -0.25) is 4.79 Å². The number of aromatic nitrogens is 3. The Morgan fingerprint density at radius 2 is 1.96 bits per heavy atom. The SMILES string of the molecule is CC(C)(C)c1cc(C(F)(F)F)n2nc(C(=O)NCCO)cc2n1. The summed E-state index contributed by atoms with van der Waals surface area (Å²) in [6.45, 7) is 4.95. The van der Waals surface area contributed by atoms with Gasteiger partial charge in [0.2, 0.25) is 0 Å². The Balaban J connectivity index is 2.61. The smallest absolute Gasteiger partial charge is 0.395 e. The van der Waals surface area contributed by atoms with Crippen LogP contribution in [-0.2, 0) is 11.6 Å². The first-order valence-electron chi connectivity index (χ1n) is 6.91. The molecule has 0 aliphatic rings. The zero-order valence-electron chi connectivity index (χ0n) is 12.9. The molecular weight excluding hydrogens is 313 g/mol. The van der Waals surface area contributed by atoms with Crippen molar-refractivity contribution in [2.45, 2.75) is 32.4 Å². The molecule has 0 unspecified atom stereocenters. The number of carbonyl (C=O) groups excluding carboxylic acids is 1. The third-order valence-corrected chi connectivity index (χ3v) is 3.12. The molecule has 0 bridgehead atoms. The van der Waals surface area contributed by atoms with Gasteiger partial charge in [-0.25, -0.2) is 9.50 Å². The molecule has 0 spiro atoms. The molecule has 2 aromatic heterocycles. The van der Waals surface area contributed by atoms with Crippen molar-refractivity contribution in [1.82, 2.24) is 19.9 Å². The van der Waals surface area contributed by atoms with Crippen molar-refractivity contribution < 1.29 is 23.1 Å². The number of nitrogens with one attached hydrogen (secondary N) is 1. The fourth-order valence-corrected chi connectivity index (χ4v) is 1.93. The highest BCUT2D eigenvalue weighted by molar-refractivity contribution is 5.93. The van der Waals surface area contributed by atoms with Crippen LogP contribution in [0.5, 0.6) is 0 Å². The fourth-order valence-electron chi connectivity index (χ4n) is 1.93. The molecule has 0 fully saturated rings. The second-order valence-corrected chi connectivity index (χ2v) is 6.05. The number of alkyl halides is 3. The average Bonchev–Trinajstić information content (AvgIpc) is 2.85. The van der Waals surface area contributed by atoms with Gasteiger partial charge in [0.1, 0.15) is 5.69 Å². The van der Waals surface area contributed by atoms with E-state index in [1.165, 1.54) is 6.07 Å². The molecule has 0 saturated heterocycles. The Labute approximate surface area is 130 Å². The van der Waals surface area contributed by atoms with Crippen LogP contribution in [0.4, 0.5) is 13.2 Å². The normalized spacial score (nSPS) is 12.7. The van der Waals surface area contributed by atoms with Crippen molar-refractivity contribution in [3.63, 3.8) is 0 Å². The summed E-state index contributed by atoms with van der Waals surface area (Å²) in [6, 6.07) is 2.13. The van der Waals surface area contributed by atoms with Gasteiger partial charge in [0, 0.05) is 18.0 Å². The summed E-state index contributed by atoms with van der Waals surface area (Å²) >= 11 is 0. The number of carbonyl (C=O) groups is 1. The summed E-state index contributed by atoms with van der Waals surface area (Å²) in [5.74, 6) is -0.671. The van der Waals surface area contributed by atoms with Crippen molar-refractivity contribution in [1.29, 1.82) is 0 Å². The molecule has 2 N–H and O–H groups in total. The van der Waals surface area contributed by atoms with E-state index in [4.69, 9.17) is 5.11 Å². The van der Waals surface area contributed by atoms with Crippen molar-refractivity contribution >= 4 is 11.6 Å². The van der Waals surface area contributed by atoms with Gasteiger partial charge in [0.25, 0.3) is 5.91 Å². The molecule has 23 heavy (non-hydrogen) atoms. The Kier molecular flexibility index (Phi) is 4.34. The van der Waals surface area contributed by atoms with E-state index >= 15 is 0 Å². The maximum atomic E-state index is 13.3. The van der Waals surface area contributed by atoms with Crippen LogP contribution < -0.4 is 5.32 Å². The van der Waals surface area contributed by atoms with E-state index in [2.05, 4.69) is 15.4 Å². The van der Waals surface area contributed by atoms with Crippen LogP contribution in [0.25, 0.3) is 5.65 Å². The second kappa shape index (κ2) is 5.80. The molecule has 0 aliphatic carbocycles. The van der Waals surface area contributed by atoms with E-state index in [-0.39, 0.29) is 30.2 Å². The van der Waals surface area contributed by atoms with Gasteiger partial charge >= 0.3 is 6.18 Å². The second-order valence-electron chi connectivity index (χ2n) is 6.05. The zero-order chi connectivity index (χ0) is 17.4. The van der Waals surface area contributed by atoms with Crippen molar-refractivity contribution in [3.8, 4) is 0 Å². The van der Waals surface area contributed by atoms with Gasteiger partial charge in [-0.15, -0.1) is 0 Å². The topological polar surface area (TPSA) is 79.5 Å². The molecule has 6 nitrogen and oxygen atoms in total. The number of nitrogens with zero attached hydrogens (tertiary/aromatic N) is 3. The van der Waals surface area contributed by atoms with Gasteiger partial charge < -0.3 is 10.4 Å². The summed E-state index contributed by atoms with van der Waals surface area (Å²) < 4.78 is 40.4. The third-order valence-electron chi connectivity index (χ3n) is 3.12. The highest BCUT2D eigenvalue weighted by Gasteiger charge is 2.36. The van der Waals surface area contributed by atoms with E-state index in [0.717, 1.165) is 6.07 Å². The number of aliphatic hydroxyl groups is 1. The van der Waals surface area contributed by atoms with Gasteiger partial charge in [-0.1, -0.05) is 20.8 Å². The minimum Gasteiger partial charge on any atom is -0.395 e. The molecule has 0 atom stereocenters. The molecule has 9 heteroatoms. The lowest BCUT2D eigenvalue weighted by Gasteiger charge is -2.19. The number of aliphatic hydroxyl groups excluding tert-OH is 1. The van der Waals surface area contributed by atoms with Crippen LogP contribution in [0.3, 0.4) is 0 Å². The van der Waals surface area contributed by atoms with E-state index in [9.17, 15) is 18.0 Å². The maximum absolute atomic E-state index is 13.3. The van der Waals surface area contributed by atoms with Crippen molar-refractivity contribution in [3.05, 3.63) is 29.2 Å². The quantitative estimate of drug-likeness (QED) is 0.899. The molecule has 126 valence electrons. The first-order chi connectivity index (χ1) is 10.5. The van der Waals surface area contributed by atoms with Crippen LogP contribution >= 0.6 is 0 Å². The molecule has 2 aromatic rings. The molecule has 2 rings (SSSR count). The van der Waals surface area contributed by atoms with Crippen LogP contribution in [-0.4, -0.2) is 38.8 Å². The summed E-state index contributed by atoms with van der Waals surface area (Å²) in [7, 11) is 0. The zero-order valence-corrected chi connectivity index (χ0v) is 12.9. The Morgan fingerprint density at radius 3 is 2.48 bits per heavy atom. The van der Waals surface area contributed by atoms with E-state index in [1.807, 2.05) is 0 Å². The molecule has 0 aliphatic heterocycles. The molecule has 2 heterocycles. The third kappa shape index (κ3) is 3.61. The van der Waals surface area contributed by atoms with E-state index in [0.29, 0.717) is 4.52 Å². The highest BCUT2D eigenvalue weighted by atomic mass is 19.4. The van der Waals surface area contributed by atoms with Crippen LogP contribution in [0, 0.1) is 0 Å². The summed E-state index contributed by atoms with van der Waals surface area (Å²) in [5.41, 5.74) is -1.58. The molecule has 0 saturated carbocycles. The first-order valence-corrected chi connectivity index (χ1v) is 6.91. The van der Waals surface area contributed by atoms with Crippen molar-refractivity contribution in [2.75, 3.05) is 13.2 Å². The number of hydrogen-bond donors (Lipinski definition) is 2. The fraction of sp³-hybridized carbons (Fsp3) is 0.500. The first kappa shape index (κ1) is 17.2. The van der Waals surface area contributed by atoms with Gasteiger partial charge in [0.15, 0.2) is 11.3 Å². The molecule has 1 amide bonds. The number of fused-ring (bicyclic) bond motifs is 1. The maximum Gasteiger partial charge on any atom is 0.433 e. The monoisotopic (exact) mass is 330 g/mol. The minimum atomic E-state index is -4.63. The Bertz CT molecular complexity index is 732. The lowest BCUT2D eigenvalue weighted by molar-refractivity contribution is -0.142. The lowest BCUT2D eigenvalue weighted by Crippen LogP contribution is -2.26. The van der Waals surface area contributed by atoms with Gasteiger partial charge in [-0.2, -0.15) is 18.3 Å². The number of amides is 1. The van der Waals surface area contributed by atoms with Gasteiger partial charge in [-0.05, 0) is 6.07 Å². The van der Waals surface area contributed by atoms with E-state index < -0.39 is 23.2 Å². The summed E-state index contributed by atoms with van der Waals surface area (Å²) in [4.78, 5) is 16.0. The largest absolute Gasteiger partial charge is 0.433 e.